The zero-order chi connectivity index (χ0) is 13.0. The maximum Gasteiger partial charge on any atom is 0.231 e. The van der Waals surface area contributed by atoms with Crippen molar-refractivity contribution in [3.8, 4) is 0 Å². The van der Waals surface area contributed by atoms with Gasteiger partial charge in [-0.3, -0.25) is 4.79 Å². The molecule has 2 atom stereocenters. The highest BCUT2D eigenvalue weighted by molar-refractivity contribution is 6.30. The van der Waals surface area contributed by atoms with Crippen LogP contribution < -0.4 is 5.32 Å². The lowest BCUT2D eigenvalue weighted by molar-refractivity contribution is -0.119. The molecule has 0 radical (unpaired) electrons. The molecule has 0 aliphatic heterocycles. The molecule has 1 aromatic heterocycles. The zero-order valence-corrected chi connectivity index (χ0v) is 9.78. The van der Waals surface area contributed by atoms with Crippen LogP contribution in [-0.4, -0.2) is 33.8 Å². The van der Waals surface area contributed by atoms with Crippen LogP contribution >= 0.6 is 11.6 Å². The molecule has 7 heteroatoms. The summed E-state index contributed by atoms with van der Waals surface area (Å²) in [5.41, 5.74) is 0.175. The normalized spacial score (nSPS) is 14.2. The molecule has 0 aliphatic rings. The van der Waals surface area contributed by atoms with Crippen molar-refractivity contribution in [3.63, 3.8) is 0 Å². The first-order chi connectivity index (χ1) is 7.91. The van der Waals surface area contributed by atoms with Gasteiger partial charge < -0.3 is 15.5 Å². The second kappa shape index (κ2) is 5.90. The number of pyridine rings is 1. The minimum absolute atomic E-state index is 0.120. The number of aliphatic hydroxyl groups is 2. The van der Waals surface area contributed by atoms with Gasteiger partial charge in [0.1, 0.15) is 12.2 Å². The maximum atomic E-state index is 12.8. The Labute approximate surface area is 102 Å². The molecule has 17 heavy (non-hydrogen) atoms. The Morgan fingerprint density at radius 1 is 1.65 bits per heavy atom. The predicted molar refractivity (Wildman–Crippen MR) is 58.9 cm³/mol. The number of hydrogen-bond acceptors (Lipinski definition) is 4. The number of rotatable bonds is 4. The number of nitrogens with one attached hydrogen (secondary N) is 1. The SMILES string of the molecule is CC(=O)NCC(O)C(O)c1cnc(F)c(Cl)c1. The van der Waals surface area contributed by atoms with Crippen LogP contribution in [0.5, 0.6) is 0 Å². The maximum absolute atomic E-state index is 12.8. The van der Waals surface area contributed by atoms with Gasteiger partial charge in [0.2, 0.25) is 11.9 Å². The van der Waals surface area contributed by atoms with Crippen molar-refractivity contribution < 1.29 is 19.4 Å². The standard InChI is InChI=1S/C10H12ClFN2O3/c1-5(15)13-4-8(16)9(17)6-2-7(11)10(12)14-3-6/h2-3,8-9,16-17H,4H2,1H3,(H,13,15). The van der Waals surface area contributed by atoms with Crippen LogP contribution in [0.3, 0.4) is 0 Å². The van der Waals surface area contributed by atoms with Crippen LogP contribution in [0.1, 0.15) is 18.6 Å². The van der Waals surface area contributed by atoms with Crippen LogP contribution in [0.2, 0.25) is 5.02 Å². The summed E-state index contributed by atoms with van der Waals surface area (Å²) < 4.78 is 12.8. The van der Waals surface area contributed by atoms with Crippen molar-refractivity contribution in [2.45, 2.75) is 19.1 Å². The van der Waals surface area contributed by atoms with Gasteiger partial charge in [0.05, 0.1) is 5.02 Å². The third kappa shape index (κ3) is 3.92. The van der Waals surface area contributed by atoms with Crippen LogP contribution in [0.4, 0.5) is 4.39 Å². The van der Waals surface area contributed by atoms with E-state index in [1.807, 2.05) is 0 Å². The summed E-state index contributed by atoms with van der Waals surface area (Å²) in [7, 11) is 0. The van der Waals surface area contributed by atoms with E-state index in [-0.39, 0.29) is 23.0 Å². The average Bonchev–Trinajstić information content (AvgIpc) is 2.28. The van der Waals surface area contributed by atoms with E-state index in [1.54, 1.807) is 0 Å². The van der Waals surface area contributed by atoms with Gasteiger partial charge in [0.15, 0.2) is 0 Å². The Kier molecular flexibility index (Phi) is 4.80. The lowest BCUT2D eigenvalue weighted by Gasteiger charge is -2.18. The molecular weight excluding hydrogens is 251 g/mol. The van der Waals surface area contributed by atoms with Crippen molar-refractivity contribution in [2.75, 3.05) is 6.54 Å². The fourth-order valence-corrected chi connectivity index (χ4v) is 1.35. The first-order valence-electron chi connectivity index (χ1n) is 4.83. The quantitative estimate of drug-likeness (QED) is 0.686. The molecule has 1 heterocycles. The minimum atomic E-state index is -1.30. The molecular formula is C10H12ClFN2O3. The van der Waals surface area contributed by atoms with E-state index in [9.17, 15) is 19.4 Å². The summed E-state index contributed by atoms with van der Waals surface area (Å²) in [6, 6.07) is 1.17. The van der Waals surface area contributed by atoms with E-state index in [0.717, 1.165) is 6.20 Å². The predicted octanol–water partition coefficient (Wildman–Crippen LogP) is 0.405. The summed E-state index contributed by atoms with van der Waals surface area (Å²) in [6.07, 6.45) is -1.45. The topological polar surface area (TPSA) is 82.5 Å². The first kappa shape index (κ1) is 13.8. The van der Waals surface area contributed by atoms with Crippen molar-refractivity contribution in [3.05, 3.63) is 28.8 Å². The Hall–Kier alpha value is -1.24. The molecule has 0 saturated carbocycles. The Balaban J connectivity index is 2.70. The van der Waals surface area contributed by atoms with Gasteiger partial charge in [0.25, 0.3) is 0 Å². The highest BCUT2D eigenvalue weighted by atomic mass is 35.5. The number of hydrogen-bond donors (Lipinski definition) is 3. The number of halogens is 2. The third-order valence-corrected chi connectivity index (χ3v) is 2.35. The average molecular weight is 263 g/mol. The number of nitrogens with zero attached hydrogens (tertiary/aromatic N) is 1. The molecule has 1 aromatic rings. The van der Waals surface area contributed by atoms with Crippen molar-refractivity contribution in [2.24, 2.45) is 0 Å². The summed E-state index contributed by atoms with van der Waals surface area (Å²) in [5.74, 6) is -1.18. The van der Waals surface area contributed by atoms with Gasteiger partial charge in [-0.15, -0.1) is 0 Å². The van der Waals surface area contributed by atoms with E-state index in [1.165, 1.54) is 13.0 Å². The van der Waals surface area contributed by atoms with E-state index in [0.29, 0.717) is 0 Å². The Bertz CT molecular complexity index is 417. The molecule has 1 amide bonds. The largest absolute Gasteiger partial charge is 0.388 e. The molecule has 2 unspecified atom stereocenters. The van der Waals surface area contributed by atoms with Crippen molar-refractivity contribution >= 4 is 17.5 Å². The summed E-state index contributed by atoms with van der Waals surface area (Å²) >= 11 is 5.49. The van der Waals surface area contributed by atoms with Gasteiger partial charge in [-0.2, -0.15) is 4.39 Å². The summed E-state index contributed by atoms with van der Waals surface area (Å²) in [5, 5.41) is 21.3. The molecule has 0 aromatic carbocycles. The second-order valence-corrected chi connectivity index (χ2v) is 3.90. The number of carbonyl (C=O) groups is 1. The molecule has 0 bridgehead atoms. The van der Waals surface area contributed by atoms with E-state index in [4.69, 9.17) is 11.6 Å². The fourth-order valence-electron chi connectivity index (χ4n) is 1.18. The Morgan fingerprint density at radius 2 is 2.29 bits per heavy atom. The highest BCUT2D eigenvalue weighted by Crippen LogP contribution is 2.21. The van der Waals surface area contributed by atoms with E-state index in [2.05, 4.69) is 10.3 Å². The summed E-state index contributed by atoms with van der Waals surface area (Å²) in [6.45, 7) is 1.17. The van der Waals surface area contributed by atoms with Crippen LogP contribution in [0, 0.1) is 5.95 Å². The Morgan fingerprint density at radius 3 is 2.82 bits per heavy atom. The number of aliphatic hydroxyl groups excluding tert-OH is 2. The molecule has 94 valence electrons. The number of aromatic nitrogens is 1. The monoisotopic (exact) mass is 262 g/mol. The van der Waals surface area contributed by atoms with Crippen LogP contribution in [0.15, 0.2) is 12.3 Å². The third-order valence-electron chi connectivity index (χ3n) is 2.08. The second-order valence-electron chi connectivity index (χ2n) is 3.49. The molecule has 3 N–H and O–H groups in total. The molecule has 0 fully saturated rings. The van der Waals surface area contributed by atoms with Crippen LogP contribution in [-0.2, 0) is 4.79 Å². The van der Waals surface area contributed by atoms with E-state index < -0.39 is 18.2 Å². The molecule has 0 aliphatic carbocycles. The summed E-state index contributed by atoms with van der Waals surface area (Å²) in [4.78, 5) is 13.9. The van der Waals surface area contributed by atoms with E-state index >= 15 is 0 Å². The molecule has 5 nitrogen and oxygen atoms in total. The van der Waals surface area contributed by atoms with Gasteiger partial charge in [0, 0.05) is 25.2 Å². The first-order valence-corrected chi connectivity index (χ1v) is 5.21. The number of amides is 1. The van der Waals surface area contributed by atoms with Crippen molar-refractivity contribution in [1.29, 1.82) is 0 Å². The zero-order valence-electron chi connectivity index (χ0n) is 9.02. The van der Waals surface area contributed by atoms with Gasteiger partial charge >= 0.3 is 0 Å². The molecule has 0 saturated heterocycles. The smallest absolute Gasteiger partial charge is 0.231 e. The highest BCUT2D eigenvalue weighted by Gasteiger charge is 2.20. The fraction of sp³-hybridized carbons (Fsp3) is 0.400. The molecule has 1 rings (SSSR count). The number of carbonyl (C=O) groups excluding carboxylic acids is 1. The minimum Gasteiger partial charge on any atom is -0.388 e. The van der Waals surface area contributed by atoms with Gasteiger partial charge in [-0.05, 0) is 6.07 Å². The van der Waals surface area contributed by atoms with Crippen LogP contribution in [0.25, 0.3) is 0 Å². The van der Waals surface area contributed by atoms with Gasteiger partial charge in [-0.1, -0.05) is 11.6 Å². The lowest BCUT2D eigenvalue weighted by Crippen LogP contribution is -2.34. The molecule has 0 spiro atoms. The van der Waals surface area contributed by atoms with Crippen molar-refractivity contribution in [1.82, 2.24) is 10.3 Å². The van der Waals surface area contributed by atoms with Gasteiger partial charge in [-0.25, -0.2) is 4.98 Å². The lowest BCUT2D eigenvalue weighted by atomic mass is 10.1.